The molecule has 1 amide bonds. The van der Waals surface area contributed by atoms with Crippen LogP contribution < -0.4 is 10.2 Å². The van der Waals surface area contributed by atoms with Crippen molar-refractivity contribution in [1.82, 2.24) is 14.5 Å². The zero-order chi connectivity index (χ0) is 18.6. The topological polar surface area (TPSA) is 53.4 Å². The summed E-state index contributed by atoms with van der Waals surface area (Å²) in [5.41, 5.74) is 1.75. The highest BCUT2D eigenvalue weighted by molar-refractivity contribution is 5.91. The van der Waals surface area contributed by atoms with E-state index in [1.165, 1.54) is 0 Å². The van der Waals surface area contributed by atoms with Gasteiger partial charge in [-0.3, -0.25) is 4.57 Å². The molecule has 3 heterocycles. The van der Waals surface area contributed by atoms with E-state index in [-0.39, 0.29) is 12.6 Å². The van der Waals surface area contributed by atoms with Gasteiger partial charge in [-0.25, -0.2) is 14.2 Å². The van der Waals surface area contributed by atoms with E-state index >= 15 is 0 Å². The molecular weight excluding hydrogens is 345 g/mol. The number of pyridine rings is 1. The van der Waals surface area contributed by atoms with Crippen LogP contribution in [0, 0.1) is 0 Å². The van der Waals surface area contributed by atoms with Gasteiger partial charge in [0.25, 0.3) is 0 Å². The lowest BCUT2D eigenvalue weighted by molar-refractivity contribution is 0.197. The molecule has 1 fully saturated rings. The van der Waals surface area contributed by atoms with Crippen LogP contribution in [0.5, 0.6) is 0 Å². The number of piperazine rings is 1. The molecule has 27 heavy (non-hydrogen) atoms. The smallest absolute Gasteiger partial charge is 0.328 e. The van der Waals surface area contributed by atoms with Crippen LogP contribution in [0.25, 0.3) is 10.9 Å². The fraction of sp³-hybridized carbons (Fsp3) is 0.300. The molecule has 0 bridgehead atoms. The van der Waals surface area contributed by atoms with E-state index in [2.05, 4.69) is 15.2 Å². The summed E-state index contributed by atoms with van der Waals surface area (Å²) in [7, 11) is 0. The van der Waals surface area contributed by atoms with Crippen LogP contribution in [0.3, 0.4) is 0 Å². The number of aromatic nitrogens is 2. The standard InChI is InChI=1S/C20H22FN5O/c21-8-10-22-17-5-3-9-23-19(17)24-12-14-25(15-13-24)20(27)26-11-7-16-4-1-2-6-18(16)26/h1-7,9,11,22H,8,10,12-15H2. The molecule has 7 heteroatoms. The van der Waals surface area contributed by atoms with Crippen molar-refractivity contribution in [3.8, 4) is 0 Å². The molecule has 0 radical (unpaired) electrons. The van der Waals surface area contributed by atoms with Crippen molar-refractivity contribution < 1.29 is 9.18 Å². The maximum atomic E-state index is 12.9. The Balaban J connectivity index is 1.46. The zero-order valence-electron chi connectivity index (χ0n) is 15.0. The van der Waals surface area contributed by atoms with Gasteiger partial charge in [0, 0.05) is 50.5 Å². The van der Waals surface area contributed by atoms with Gasteiger partial charge in [0.1, 0.15) is 6.67 Å². The van der Waals surface area contributed by atoms with Crippen LogP contribution >= 0.6 is 0 Å². The Kier molecular flexibility index (Phi) is 4.91. The molecule has 140 valence electrons. The Morgan fingerprint density at radius 3 is 2.70 bits per heavy atom. The highest BCUT2D eigenvalue weighted by Crippen LogP contribution is 2.24. The largest absolute Gasteiger partial charge is 0.379 e. The predicted molar refractivity (Wildman–Crippen MR) is 105 cm³/mol. The molecule has 3 aromatic rings. The first-order chi connectivity index (χ1) is 13.3. The molecule has 0 atom stereocenters. The number of carbonyl (C=O) groups is 1. The highest BCUT2D eigenvalue weighted by Gasteiger charge is 2.24. The van der Waals surface area contributed by atoms with Crippen LogP contribution in [0.15, 0.2) is 54.9 Å². The third-order valence-corrected chi connectivity index (χ3v) is 4.85. The first-order valence-corrected chi connectivity index (χ1v) is 9.13. The SMILES string of the molecule is O=C(N1CCN(c2ncccc2NCCF)CC1)n1ccc2ccccc21. The van der Waals surface area contributed by atoms with Gasteiger partial charge >= 0.3 is 6.03 Å². The van der Waals surface area contributed by atoms with Crippen molar-refractivity contribution in [3.63, 3.8) is 0 Å². The van der Waals surface area contributed by atoms with Crippen molar-refractivity contribution in [1.29, 1.82) is 0 Å². The van der Waals surface area contributed by atoms with Crippen LogP contribution in [-0.2, 0) is 0 Å². The molecule has 1 aliphatic heterocycles. The predicted octanol–water partition coefficient (Wildman–Crippen LogP) is 3.21. The maximum absolute atomic E-state index is 12.9. The normalized spacial score (nSPS) is 14.6. The summed E-state index contributed by atoms with van der Waals surface area (Å²) in [5.74, 6) is 0.810. The molecule has 0 unspecified atom stereocenters. The number of rotatable bonds is 4. The Morgan fingerprint density at radius 1 is 1.07 bits per heavy atom. The van der Waals surface area contributed by atoms with Crippen molar-refractivity contribution in [2.24, 2.45) is 0 Å². The number of nitrogens with one attached hydrogen (secondary N) is 1. The monoisotopic (exact) mass is 367 g/mol. The second-order valence-corrected chi connectivity index (χ2v) is 6.49. The molecule has 1 aromatic carbocycles. The van der Waals surface area contributed by atoms with Crippen LogP contribution in [0.2, 0.25) is 0 Å². The number of benzene rings is 1. The number of nitrogens with zero attached hydrogens (tertiary/aromatic N) is 4. The summed E-state index contributed by atoms with van der Waals surface area (Å²) >= 11 is 0. The molecule has 1 aliphatic rings. The number of hydrogen-bond acceptors (Lipinski definition) is 4. The first kappa shape index (κ1) is 17.3. The Labute approximate surface area is 157 Å². The lowest BCUT2D eigenvalue weighted by Crippen LogP contribution is -2.50. The van der Waals surface area contributed by atoms with E-state index in [0.717, 1.165) is 22.4 Å². The molecule has 4 rings (SSSR count). The molecule has 6 nitrogen and oxygen atoms in total. The zero-order valence-corrected chi connectivity index (χ0v) is 15.0. The fourth-order valence-electron chi connectivity index (χ4n) is 3.48. The van der Waals surface area contributed by atoms with Crippen LogP contribution in [-0.4, -0.2) is 59.9 Å². The van der Waals surface area contributed by atoms with Gasteiger partial charge in [-0.15, -0.1) is 0 Å². The van der Waals surface area contributed by atoms with Gasteiger partial charge in [0.05, 0.1) is 11.2 Å². The van der Waals surface area contributed by atoms with E-state index in [9.17, 15) is 9.18 Å². The van der Waals surface area contributed by atoms with E-state index < -0.39 is 6.67 Å². The van der Waals surface area contributed by atoms with Crippen molar-refractivity contribution in [2.45, 2.75) is 0 Å². The average molecular weight is 367 g/mol. The second kappa shape index (κ2) is 7.65. The number of anilines is 2. The number of amides is 1. The number of alkyl halides is 1. The van der Waals surface area contributed by atoms with Gasteiger partial charge < -0.3 is 15.1 Å². The van der Waals surface area contributed by atoms with Crippen LogP contribution in [0.4, 0.5) is 20.7 Å². The lowest BCUT2D eigenvalue weighted by Gasteiger charge is -2.36. The van der Waals surface area contributed by atoms with Gasteiger partial charge in [0.2, 0.25) is 0 Å². The van der Waals surface area contributed by atoms with E-state index in [0.29, 0.717) is 26.2 Å². The number of halogens is 1. The minimum Gasteiger partial charge on any atom is -0.379 e. The molecule has 0 spiro atoms. The summed E-state index contributed by atoms with van der Waals surface area (Å²) in [6.45, 7) is 2.44. The summed E-state index contributed by atoms with van der Waals surface area (Å²) < 4.78 is 14.2. The van der Waals surface area contributed by atoms with Gasteiger partial charge in [-0.05, 0) is 24.3 Å². The van der Waals surface area contributed by atoms with Crippen molar-refractivity contribution in [2.75, 3.05) is 49.6 Å². The van der Waals surface area contributed by atoms with Gasteiger partial charge in [-0.1, -0.05) is 18.2 Å². The van der Waals surface area contributed by atoms with E-state index in [1.807, 2.05) is 53.6 Å². The summed E-state index contributed by atoms with van der Waals surface area (Å²) in [6, 6.07) is 13.6. The van der Waals surface area contributed by atoms with Gasteiger partial charge in [-0.2, -0.15) is 0 Å². The van der Waals surface area contributed by atoms with Crippen molar-refractivity contribution in [3.05, 3.63) is 54.9 Å². The number of hydrogen-bond donors (Lipinski definition) is 1. The lowest BCUT2D eigenvalue weighted by atomic mass is 10.2. The molecule has 2 aromatic heterocycles. The number of para-hydroxylation sites is 1. The minimum atomic E-state index is -0.429. The quantitative estimate of drug-likeness (QED) is 0.769. The van der Waals surface area contributed by atoms with E-state index in [1.54, 1.807) is 10.8 Å². The Hall–Kier alpha value is -3.09. The third kappa shape index (κ3) is 3.45. The Bertz CT molecular complexity index is 933. The molecule has 0 aliphatic carbocycles. The summed E-state index contributed by atoms with van der Waals surface area (Å²) in [4.78, 5) is 21.4. The highest BCUT2D eigenvalue weighted by atomic mass is 19.1. The molecular formula is C20H22FN5O. The minimum absolute atomic E-state index is 0.00681. The van der Waals surface area contributed by atoms with E-state index in [4.69, 9.17) is 0 Å². The average Bonchev–Trinajstić information content (AvgIpc) is 3.16. The van der Waals surface area contributed by atoms with Crippen LogP contribution in [0.1, 0.15) is 0 Å². The first-order valence-electron chi connectivity index (χ1n) is 9.13. The molecule has 1 saturated heterocycles. The van der Waals surface area contributed by atoms with Gasteiger partial charge in [0.15, 0.2) is 5.82 Å². The molecule has 0 saturated carbocycles. The maximum Gasteiger partial charge on any atom is 0.328 e. The number of fused-ring (bicyclic) bond motifs is 1. The fourth-order valence-corrected chi connectivity index (χ4v) is 3.48. The summed E-state index contributed by atoms with van der Waals surface area (Å²) in [5, 5.41) is 4.13. The second-order valence-electron chi connectivity index (χ2n) is 6.49. The number of carbonyl (C=O) groups excluding carboxylic acids is 1. The molecule has 1 N–H and O–H groups in total. The Morgan fingerprint density at radius 2 is 1.89 bits per heavy atom. The summed E-state index contributed by atoms with van der Waals surface area (Å²) in [6.07, 6.45) is 3.57. The third-order valence-electron chi connectivity index (χ3n) is 4.85. The van der Waals surface area contributed by atoms with Crippen molar-refractivity contribution >= 4 is 28.4 Å².